The zero-order chi connectivity index (χ0) is 17.0. The highest BCUT2D eigenvalue weighted by molar-refractivity contribution is 7.89. The number of hydrogen-bond donors (Lipinski definition) is 1. The van der Waals surface area contributed by atoms with Gasteiger partial charge in [-0.25, -0.2) is 13.1 Å². The van der Waals surface area contributed by atoms with E-state index >= 15 is 0 Å². The van der Waals surface area contributed by atoms with Gasteiger partial charge >= 0.3 is 0 Å². The van der Waals surface area contributed by atoms with Crippen LogP contribution in [0.2, 0.25) is 0 Å². The average molecular weight is 337 g/mol. The Labute approximate surface area is 138 Å². The number of sulfonamides is 1. The molecule has 1 aromatic rings. The summed E-state index contributed by atoms with van der Waals surface area (Å²) in [6, 6.07) is 8.05. The number of rotatable bonds is 5. The van der Waals surface area contributed by atoms with E-state index in [1.54, 1.807) is 12.1 Å². The Kier molecular flexibility index (Phi) is 5.76. The normalized spacial score (nSPS) is 24.1. The van der Waals surface area contributed by atoms with Crippen LogP contribution in [0.4, 0.5) is 0 Å². The molecule has 2 rings (SSSR count). The van der Waals surface area contributed by atoms with E-state index in [4.69, 9.17) is 10.00 Å². The van der Waals surface area contributed by atoms with Gasteiger partial charge in [-0.1, -0.05) is 6.07 Å². The maximum Gasteiger partial charge on any atom is 0.240 e. The minimum atomic E-state index is -3.61. The molecule has 0 aliphatic carbocycles. The van der Waals surface area contributed by atoms with Crippen LogP contribution in [0.25, 0.3) is 0 Å². The molecule has 0 radical (unpaired) electrons. The summed E-state index contributed by atoms with van der Waals surface area (Å²) in [5.74, 6) is 0. The van der Waals surface area contributed by atoms with Crippen molar-refractivity contribution in [1.82, 2.24) is 9.62 Å². The summed E-state index contributed by atoms with van der Waals surface area (Å²) in [5.41, 5.74) is 0.330. The number of nitrogens with zero attached hydrogens (tertiary/aromatic N) is 2. The van der Waals surface area contributed by atoms with Gasteiger partial charge in [-0.05, 0) is 39.0 Å². The highest BCUT2D eigenvalue weighted by atomic mass is 32.2. The third-order valence-corrected chi connectivity index (χ3v) is 5.33. The monoisotopic (exact) mass is 337 g/mol. The van der Waals surface area contributed by atoms with Crippen molar-refractivity contribution >= 4 is 10.0 Å². The average Bonchev–Trinajstić information content (AvgIpc) is 2.51. The molecule has 0 unspecified atom stereocenters. The molecule has 0 aromatic heterocycles. The lowest BCUT2D eigenvalue weighted by atomic mass is 10.2. The molecule has 0 saturated carbocycles. The first-order chi connectivity index (χ1) is 10.8. The topological polar surface area (TPSA) is 82.4 Å². The fourth-order valence-corrected chi connectivity index (χ4v) is 3.92. The number of nitriles is 1. The van der Waals surface area contributed by atoms with E-state index in [-0.39, 0.29) is 23.1 Å². The molecular formula is C16H23N3O3S. The molecule has 1 saturated heterocycles. The summed E-state index contributed by atoms with van der Waals surface area (Å²) in [6.07, 6.45) is 0.287. The Morgan fingerprint density at radius 3 is 2.65 bits per heavy atom. The van der Waals surface area contributed by atoms with Crippen LogP contribution in [-0.2, 0) is 14.8 Å². The molecule has 6 nitrogen and oxygen atoms in total. The first-order valence-corrected chi connectivity index (χ1v) is 9.19. The van der Waals surface area contributed by atoms with Gasteiger partial charge in [0.25, 0.3) is 0 Å². The van der Waals surface area contributed by atoms with Gasteiger partial charge in [-0.3, -0.25) is 4.90 Å². The van der Waals surface area contributed by atoms with Crippen LogP contribution in [0.15, 0.2) is 29.2 Å². The second-order valence-electron chi connectivity index (χ2n) is 6.05. The zero-order valence-corrected chi connectivity index (χ0v) is 14.5. The van der Waals surface area contributed by atoms with Crippen LogP contribution in [0.3, 0.4) is 0 Å². The summed E-state index contributed by atoms with van der Waals surface area (Å²) in [5, 5.41) is 8.88. The molecule has 7 heteroatoms. The Hall–Kier alpha value is -1.46. The summed E-state index contributed by atoms with van der Waals surface area (Å²) >= 11 is 0. The fourth-order valence-electron chi connectivity index (χ4n) is 2.75. The number of benzene rings is 1. The van der Waals surface area contributed by atoms with Crippen LogP contribution in [0.1, 0.15) is 26.3 Å². The zero-order valence-electron chi connectivity index (χ0n) is 13.7. The molecule has 1 fully saturated rings. The Balaban J connectivity index is 2.00. The molecule has 0 amide bonds. The lowest BCUT2D eigenvalue weighted by molar-refractivity contribution is -0.0776. The second-order valence-corrected chi connectivity index (χ2v) is 7.82. The Morgan fingerprint density at radius 2 is 2.04 bits per heavy atom. The smallest absolute Gasteiger partial charge is 0.240 e. The van der Waals surface area contributed by atoms with Gasteiger partial charge in [0.1, 0.15) is 0 Å². The van der Waals surface area contributed by atoms with Crippen molar-refractivity contribution in [3.05, 3.63) is 29.8 Å². The summed E-state index contributed by atoms with van der Waals surface area (Å²) in [4.78, 5) is 2.35. The van der Waals surface area contributed by atoms with Gasteiger partial charge < -0.3 is 4.74 Å². The van der Waals surface area contributed by atoms with Crippen LogP contribution in [0.5, 0.6) is 0 Å². The van der Waals surface area contributed by atoms with E-state index in [1.807, 2.05) is 26.8 Å². The van der Waals surface area contributed by atoms with Crippen molar-refractivity contribution in [3.8, 4) is 6.07 Å². The molecule has 1 N–H and O–H groups in total. The quantitative estimate of drug-likeness (QED) is 0.876. The number of morpholine rings is 1. The third kappa shape index (κ3) is 4.75. The summed E-state index contributed by atoms with van der Waals surface area (Å²) in [6.45, 7) is 7.94. The first-order valence-electron chi connectivity index (χ1n) is 7.71. The fraction of sp³-hybridized carbons (Fsp3) is 0.562. The molecule has 1 aliphatic rings. The molecule has 1 aromatic carbocycles. The molecule has 1 aliphatic heterocycles. The van der Waals surface area contributed by atoms with Gasteiger partial charge in [0, 0.05) is 25.7 Å². The van der Waals surface area contributed by atoms with Crippen LogP contribution < -0.4 is 4.72 Å². The predicted molar refractivity (Wildman–Crippen MR) is 87.4 cm³/mol. The van der Waals surface area contributed by atoms with E-state index in [0.717, 1.165) is 13.1 Å². The molecule has 0 spiro atoms. The van der Waals surface area contributed by atoms with Gasteiger partial charge in [-0.15, -0.1) is 0 Å². The maximum atomic E-state index is 12.4. The predicted octanol–water partition coefficient (Wildman–Crippen LogP) is 1.33. The van der Waals surface area contributed by atoms with Crippen molar-refractivity contribution in [1.29, 1.82) is 5.26 Å². The number of ether oxygens (including phenoxy) is 1. The maximum absolute atomic E-state index is 12.4. The van der Waals surface area contributed by atoms with E-state index in [9.17, 15) is 8.42 Å². The van der Waals surface area contributed by atoms with Crippen molar-refractivity contribution in [2.45, 2.75) is 43.9 Å². The van der Waals surface area contributed by atoms with E-state index in [2.05, 4.69) is 9.62 Å². The van der Waals surface area contributed by atoms with Crippen molar-refractivity contribution < 1.29 is 13.2 Å². The minimum absolute atomic E-state index is 0.0673. The van der Waals surface area contributed by atoms with E-state index in [0.29, 0.717) is 12.1 Å². The standard InChI is InChI=1S/C16H23N3O3S/c1-12(19-10-13(2)22-14(3)11-19)9-18-23(20,21)16-6-4-5-15(7-16)8-17/h4-7,12-14,18H,9-11H2,1-3H3/t12-,13+,14+/m0/s1. The van der Waals surface area contributed by atoms with Crippen molar-refractivity contribution in [3.63, 3.8) is 0 Å². The van der Waals surface area contributed by atoms with Gasteiger partial charge in [0.05, 0.1) is 28.7 Å². The van der Waals surface area contributed by atoms with Crippen LogP contribution in [-0.4, -0.2) is 51.2 Å². The molecule has 23 heavy (non-hydrogen) atoms. The highest BCUT2D eigenvalue weighted by Crippen LogP contribution is 2.14. The molecular weight excluding hydrogens is 314 g/mol. The molecule has 126 valence electrons. The Bertz CT molecular complexity index is 674. The highest BCUT2D eigenvalue weighted by Gasteiger charge is 2.26. The second kappa shape index (κ2) is 7.41. The summed E-state index contributed by atoms with van der Waals surface area (Å²) < 4.78 is 33.0. The van der Waals surface area contributed by atoms with E-state index in [1.165, 1.54) is 12.1 Å². The van der Waals surface area contributed by atoms with Crippen molar-refractivity contribution in [2.75, 3.05) is 19.6 Å². The molecule has 3 atom stereocenters. The minimum Gasteiger partial charge on any atom is -0.373 e. The Morgan fingerprint density at radius 1 is 1.39 bits per heavy atom. The third-order valence-electron chi connectivity index (χ3n) is 3.91. The number of nitrogens with one attached hydrogen (secondary N) is 1. The van der Waals surface area contributed by atoms with E-state index < -0.39 is 10.0 Å². The van der Waals surface area contributed by atoms with Crippen LogP contribution >= 0.6 is 0 Å². The SMILES string of the molecule is C[C@@H]1CN([C@@H](C)CNS(=O)(=O)c2cccc(C#N)c2)C[C@@H](C)O1. The molecule has 1 heterocycles. The van der Waals surface area contributed by atoms with Gasteiger partial charge in [0.2, 0.25) is 10.0 Å². The molecule has 0 bridgehead atoms. The number of hydrogen-bond acceptors (Lipinski definition) is 5. The lowest BCUT2D eigenvalue weighted by Crippen LogP contribution is -2.52. The summed E-state index contributed by atoms with van der Waals surface area (Å²) in [7, 11) is -3.61. The van der Waals surface area contributed by atoms with Crippen LogP contribution in [0, 0.1) is 11.3 Å². The van der Waals surface area contributed by atoms with Gasteiger partial charge in [0.15, 0.2) is 0 Å². The van der Waals surface area contributed by atoms with Gasteiger partial charge in [-0.2, -0.15) is 5.26 Å². The van der Waals surface area contributed by atoms with Crippen molar-refractivity contribution in [2.24, 2.45) is 0 Å². The largest absolute Gasteiger partial charge is 0.373 e. The first kappa shape index (κ1) is 17.9. The lowest BCUT2D eigenvalue weighted by Gasteiger charge is -2.38.